The summed E-state index contributed by atoms with van der Waals surface area (Å²) in [5, 5.41) is 3.23. The summed E-state index contributed by atoms with van der Waals surface area (Å²) in [6, 6.07) is 16.5. The van der Waals surface area contributed by atoms with Crippen molar-refractivity contribution in [3.8, 4) is 0 Å². The highest BCUT2D eigenvalue weighted by Gasteiger charge is 2.22. The van der Waals surface area contributed by atoms with Crippen molar-refractivity contribution in [1.29, 1.82) is 0 Å². The lowest BCUT2D eigenvalue weighted by molar-refractivity contribution is 0.0746. The smallest absolute Gasteiger partial charge is 0.257 e. The lowest BCUT2D eigenvalue weighted by Crippen LogP contribution is -2.48. The van der Waals surface area contributed by atoms with E-state index in [0.717, 1.165) is 24.3 Å². The predicted octanol–water partition coefficient (Wildman–Crippen LogP) is 3.80. The van der Waals surface area contributed by atoms with Gasteiger partial charge in [-0.25, -0.2) is 9.97 Å². The topological polar surface area (TPSA) is 61.4 Å². The second kappa shape index (κ2) is 8.31. The molecule has 1 aromatic heterocycles. The Labute approximate surface area is 171 Å². The monoisotopic (exact) mass is 387 g/mol. The highest BCUT2D eigenvalue weighted by molar-refractivity contribution is 5.94. The summed E-state index contributed by atoms with van der Waals surface area (Å²) in [6.07, 6.45) is 3.21. The quantitative estimate of drug-likeness (QED) is 0.738. The van der Waals surface area contributed by atoms with Gasteiger partial charge in [0.25, 0.3) is 5.91 Å². The Bertz CT molecular complexity index is 980. The van der Waals surface area contributed by atoms with Crippen molar-refractivity contribution in [2.24, 2.45) is 0 Å². The Morgan fingerprint density at radius 2 is 1.62 bits per heavy atom. The van der Waals surface area contributed by atoms with Gasteiger partial charge in [-0.15, -0.1) is 0 Å². The van der Waals surface area contributed by atoms with Crippen molar-refractivity contribution in [3.05, 3.63) is 77.6 Å². The second-order valence-corrected chi connectivity index (χ2v) is 7.35. The van der Waals surface area contributed by atoms with Crippen LogP contribution in [-0.4, -0.2) is 47.0 Å². The Morgan fingerprint density at radius 3 is 2.31 bits per heavy atom. The van der Waals surface area contributed by atoms with E-state index in [4.69, 9.17) is 0 Å². The number of nitrogens with zero attached hydrogens (tertiary/aromatic N) is 4. The molecule has 0 aliphatic carbocycles. The number of para-hydroxylation sites is 1. The Morgan fingerprint density at radius 1 is 0.931 bits per heavy atom. The Kier molecular flexibility index (Phi) is 5.42. The van der Waals surface area contributed by atoms with Crippen LogP contribution in [0.4, 0.5) is 17.3 Å². The van der Waals surface area contributed by atoms with Crippen LogP contribution < -0.4 is 10.2 Å². The standard InChI is InChI=1S/C23H25N5O/c1-17-8-9-18(2)21(14-17)26-23-24-15-19(16-25-23)22(29)28-12-10-27(11-13-28)20-6-4-3-5-7-20/h3-9,14-16H,10-13H2,1-2H3,(H,24,25,26). The van der Waals surface area contributed by atoms with Gasteiger partial charge in [-0.1, -0.05) is 30.3 Å². The fraction of sp³-hybridized carbons (Fsp3) is 0.261. The number of aryl methyl sites for hydroxylation is 2. The molecule has 29 heavy (non-hydrogen) atoms. The molecule has 1 amide bonds. The number of rotatable bonds is 4. The molecule has 3 aromatic rings. The maximum atomic E-state index is 12.8. The minimum Gasteiger partial charge on any atom is -0.368 e. The van der Waals surface area contributed by atoms with Crippen LogP contribution in [0.1, 0.15) is 21.5 Å². The molecule has 148 valence electrons. The molecule has 0 saturated carbocycles. The van der Waals surface area contributed by atoms with E-state index in [1.54, 1.807) is 12.4 Å². The van der Waals surface area contributed by atoms with Crippen LogP contribution in [0.25, 0.3) is 0 Å². The number of aromatic nitrogens is 2. The molecule has 0 unspecified atom stereocenters. The van der Waals surface area contributed by atoms with E-state index in [0.29, 0.717) is 24.6 Å². The largest absolute Gasteiger partial charge is 0.368 e. The first-order valence-corrected chi connectivity index (χ1v) is 9.86. The summed E-state index contributed by atoms with van der Waals surface area (Å²) in [7, 11) is 0. The van der Waals surface area contributed by atoms with Crippen LogP contribution in [-0.2, 0) is 0 Å². The number of nitrogens with one attached hydrogen (secondary N) is 1. The van der Waals surface area contributed by atoms with Crippen molar-refractivity contribution in [3.63, 3.8) is 0 Å². The van der Waals surface area contributed by atoms with Crippen LogP contribution in [0.3, 0.4) is 0 Å². The zero-order valence-electron chi connectivity index (χ0n) is 16.8. The van der Waals surface area contributed by atoms with Gasteiger partial charge in [-0.2, -0.15) is 0 Å². The number of carbonyl (C=O) groups is 1. The van der Waals surface area contributed by atoms with Crippen molar-refractivity contribution >= 4 is 23.2 Å². The molecular formula is C23H25N5O. The Hall–Kier alpha value is -3.41. The van der Waals surface area contributed by atoms with Gasteiger partial charge >= 0.3 is 0 Å². The molecule has 1 fully saturated rings. The van der Waals surface area contributed by atoms with E-state index in [1.807, 2.05) is 36.9 Å². The highest BCUT2D eigenvalue weighted by atomic mass is 16.2. The molecule has 2 heterocycles. The zero-order valence-corrected chi connectivity index (χ0v) is 16.8. The molecule has 0 spiro atoms. The van der Waals surface area contributed by atoms with E-state index < -0.39 is 0 Å². The van der Waals surface area contributed by atoms with E-state index in [-0.39, 0.29) is 5.91 Å². The molecule has 6 nitrogen and oxygen atoms in total. The minimum absolute atomic E-state index is 0.0176. The molecule has 0 atom stereocenters. The van der Waals surface area contributed by atoms with Crippen molar-refractivity contribution in [2.75, 3.05) is 36.4 Å². The van der Waals surface area contributed by atoms with E-state index >= 15 is 0 Å². The fourth-order valence-electron chi connectivity index (χ4n) is 3.48. The van der Waals surface area contributed by atoms with Crippen LogP contribution in [0.5, 0.6) is 0 Å². The number of carbonyl (C=O) groups excluding carboxylic acids is 1. The molecule has 4 rings (SSSR count). The third-order valence-corrected chi connectivity index (χ3v) is 5.23. The van der Waals surface area contributed by atoms with Gasteiger partial charge in [0, 0.05) is 49.9 Å². The average Bonchev–Trinajstić information content (AvgIpc) is 2.77. The molecular weight excluding hydrogens is 362 g/mol. The van der Waals surface area contributed by atoms with Crippen molar-refractivity contribution < 1.29 is 4.79 Å². The first-order valence-electron chi connectivity index (χ1n) is 9.86. The molecule has 2 aromatic carbocycles. The third-order valence-electron chi connectivity index (χ3n) is 5.23. The summed E-state index contributed by atoms with van der Waals surface area (Å²) in [5.74, 6) is 0.472. The summed E-state index contributed by atoms with van der Waals surface area (Å²) >= 11 is 0. The zero-order chi connectivity index (χ0) is 20.2. The number of benzene rings is 2. The minimum atomic E-state index is -0.0176. The fourth-order valence-corrected chi connectivity index (χ4v) is 3.48. The van der Waals surface area contributed by atoms with Crippen LogP contribution in [0.2, 0.25) is 0 Å². The van der Waals surface area contributed by atoms with Gasteiger partial charge in [-0.05, 0) is 43.2 Å². The van der Waals surface area contributed by atoms with Gasteiger partial charge in [-0.3, -0.25) is 4.79 Å². The summed E-state index contributed by atoms with van der Waals surface area (Å²) in [5.41, 5.74) is 4.98. The van der Waals surface area contributed by atoms with Gasteiger partial charge in [0.2, 0.25) is 5.95 Å². The van der Waals surface area contributed by atoms with Gasteiger partial charge < -0.3 is 15.1 Å². The van der Waals surface area contributed by atoms with E-state index in [1.165, 1.54) is 11.3 Å². The first kappa shape index (κ1) is 18.9. The summed E-state index contributed by atoms with van der Waals surface area (Å²) in [4.78, 5) is 25.7. The number of piperazine rings is 1. The van der Waals surface area contributed by atoms with Gasteiger partial charge in [0.15, 0.2) is 0 Å². The summed E-state index contributed by atoms with van der Waals surface area (Å²) < 4.78 is 0. The Balaban J connectivity index is 1.38. The lowest BCUT2D eigenvalue weighted by atomic mass is 10.1. The average molecular weight is 387 g/mol. The van der Waals surface area contributed by atoms with E-state index in [9.17, 15) is 4.79 Å². The predicted molar refractivity (Wildman–Crippen MR) is 116 cm³/mol. The number of anilines is 3. The highest BCUT2D eigenvalue weighted by Crippen LogP contribution is 2.20. The molecule has 1 N–H and O–H groups in total. The second-order valence-electron chi connectivity index (χ2n) is 7.35. The van der Waals surface area contributed by atoms with E-state index in [2.05, 4.69) is 50.5 Å². The number of hydrogen-bond acceptors (Lipinski definition) is 5. The number of hydrogen-bond donors (Lipinski definition) is 1. The molecule has 6 heteroatoms. The lowest BCUT2D eigenvalue weighted by Gasteiger charge is -2.36. The van der Waals surface area contributed by atoms with Gasteiger partial charge in [0.1, 0.15) is 0 Å². The van der Waals surface area contributed by atoms with Gasteiger partial charge in [0.05, 0.1) is 5.56 Å². The molecule has 1 aliphatic rings. The number of amides is 1. The van der Waals surface area contributed by atoms with Crippen LogP contribution in [0.15, 0.2) is 60.9 Å². The molecule has 0 radical (unpaired) electrons. The van der Waals surface area contributed by atoms with Crippen molar-refractivity contribution in [1.82, 2.24) is 14.9 Å². The van der Waals surface area contributed by atoms with Crippen LogP contribution in [0, 0.1) is 13.8 Å². The molecule has 1 aliphatic heterocycles. The molecule has 1 saturated heterocycles. The molecule has 0 bridgehead atoms. The SMILES string of the molecule is Cc1ccc(C)c(Nc2ncc(C(=O)N3CCN(c4ccccc4)CC3)cn2)c1. The summed E-state index contributed by atoms with van der Waals surface area (Å²) in [6.45, 7) is 7.11. The maximum absolute atomic E-state index is 12.8. The van der Waals surface area contributed by atoms with Crippen LogP contribution >= 0.6 is 0 Å². The third kappa shape index (κ3) is 4.37. The van der Waals surface area contributed by atoms with Crippen molar-refractivity contribution in [2.45, 2.75) is 13.8 Å². The first-order chi connectivity index (χ1) is 14.1. The maximum Gasteiger partial charge on any atom is 0.257 e. The normalized spacial score (nSPS) is 14.0.